The summed E-state index contributed by atoms with van der Waals surface area (Å²) in [5.74, 6) is 0.366. The Morgan fingerprint density at radius 1 is 1.00 bits per heavy atom. The number of carbonyl (C=O) groups excluding carboxylic acids is 1. The molecule has 172 valence electrons. The van der Waals surface area contributed by atoms with E-state index in [9.17, 15) is 13.6 Å². The molecule has 1 amide bonds. The number of aromatic nitrogens is 2. The summed E-state index contributed by atoms with van der Waals surface area (Å²) in [6.45, 7) is 1.32. The lowest BCUT2D eigenvalue weighted by atomic mass is 10.1. The SMILES string of the molecule is O=C(Cc1ccccc1)N1CCn2c(nc(-c3cccc(F)c3)c2Nc2ccc(Cl)c(F)c2)C1. The third kappa shape index (κ3) is 4.52. The second kappa shape index (κ2) is 9.27. The zero-order valence-corrected chi connectivity index (χ0v) is 18.9. The molecule has 1 aliphatic heterocycles. The van der Waals surface area contributed by atoms with Gasteiger partial charge < -0.3 is 14.8 Å². The zero-order chi connectivity index (χ0) is 23.7. The summed E-state index contributed by atoms with van der Waals surface area (Å²) in [4.78, 5) is 19.4. The molecule has 0 bridgehead atoms. The molecule has 5 nitrogen and oxygen atoms in total. The van der Waals surface area contributed by atoms with Gasteiger partial charge in [0, 0.05) is 24.3 Å². The molecule has 0 saturated carbocycles. The monoisotopic (exact) mass is 478 g/mol. The number of halogens is 3. The van der Waals surface area contributed by atoms with Crippen LogP contribution < -0.4 is 5.32 Å². The Bertz CT molecular complexity index is 1360. The van der Waals surface area contributed by atoms with Crippen molar-refractivity contribution in [3.8, 4) is 11.3 Å². The first-order valence-electron chi connectivity index (χ1n) is 10.9. The van der Waals surface area contributed by atoms with Gasteiger partial charge in [-0.1, -0.05) is 54.1 Å². The molecular weight excluding hydrogens is 458 g/mol. The van der Waals surface area contributed by atoms with E-state index >= 15 is 0 Å². The van der Waals surface area contributed by atoms with Gasteiger partial charge in [0.1, 0.15) is 29.0 Å². The van der Waals surface area contributed by atoms with E-state index in [1.807, 2.05) is 34.9 Å². The van der Waals surface area contributed by atoms with E-state index in [0.29, 0.717) is 54.6 Å². The molecule has 2 heterocycles. The van der Waals surface area contributed by atoms with Gasteiger partial charge in [-0.05, 0) is 35.9 Å². The Kier molecular flexibility index (Phi) is 6.02. The maximum atomic E-state index is 14.1. The van der Waals surface area contributed by atoms with Crippen molar-refractivity contribution >= 4 is 29.0 Å². The van der Waals surface area contributed by atoms with Gasteiger partial charge in [-0.15, -0.1) is 0 Å². The third-order valence-electron chi connectivity index (χ3n) is 5.80. The molecule has 0 radical (unpaired) electrons. The molecular formula is C26H21ClF2N4O. The molecule has 0 saturated heterocycles. The second-order valence-corrected chi connectivity index (χ2v) is 8.53. The van der Waals surface area contributed by atoms with Crippen LogP contribution in [0.3, 0.4) is 0 Å². The molecule has 1 aliphatic rings. The lowest BCUT2D eigenvalue weighted by molar-refractivity contribution is -0.132. The van der Waals surface area contributed by atoms with Crippen LogP contribution in [0.25, 0.3) is 11.3 Å². The highest BCUT2D eigenvalue weighted by atomic mass is 35.5. The molecule has 1 aromatic heterocycles. The summed E-state index contributed by atoms with van der Waals surface area (Å²) in [6.07, 6.45) is 0.313. The number of amides is 1. The standard InChI is InChI=1S/C26H21ClF2N4O/c27-21-10-9-20(15-22(21)29)30-26-25(18-7-4-8-19(28)14-18)31-23-16-32(11-12-33(23)26)24(34)13-17-5-2-1-3-6-17/h1-10,14-15,30H,11-13,16H2. The topological polar surface area (TPSA) is 50.2 Å². The molecule has 8 heteroatoms. The van der Waals surface area contributed by atoms with E-state index in [2.05, 4.69) is 5.32 Å². The first-order valence-corrected chi connectivity index (χ1v) is 11.2. The van der Waals surface area contributed by atoms with E-state index in [4.69, 9.17) is 16.6 Å². The van der Waals surface area contributed by atoms with Crippen LogP contribution in [0.4, 0.5) is 20.3 Å². The highest BCUT2D eigenvalue weighted by molar-refractivity contribution is 6.30. The van der Waals surface area contributed by atoms with Gasteiger partial charge in [-0.25, -0.2) is 13.8 Å². The first-order chi connectivity index (χ1) is 16.5. The summed E-state index contributed by atoms with van der Waals surface area (Å²) in [6, 6.07) is 20.2. The summed E-state index contributed by atoms with van der Waals surface area (Å²) < 4.78 is 30.0. The largest absolute Gasteiger partial charge is 0.340 e. The fourth-order valence-electron chi connectivity index (χ4n) is 4.10. The summed E-state index contributed by atoms with van der Waals surface area (Å²) in [5.41, 5.74) is 2.56. The van der Waals surface area contributed by atoms with Crippen LogP contribution >= 0.6 is 11.6 Å². The minimum Gasteiger partial charge on any atom is -0.340 e. The lowest BCUT2D eigenvalue weighted by Crippen LogP contribution is -2.39. The van der Waals surface area contributed by atoms with E-state index in [1.54, 1.807) is 23.1 Å². The smallest absolute Gasteiger partial charge is 0.227 e. The third-order valence-corrected chi connectivity index (χ3v) is 6.11. The number of imidazole rings is 1. The van der Waals surface area contributed by atoms with Gasteiger partial charge in [0.05, 0.1) is 18.0 Å². The van der Waals surface area contributed by atoms with Crippen molar-refractivity contribution in [2.45, 2.75) is 19.5 Å². The van der Waals surface area contributed by atoms with E-state index in [0.717, 1.165) is 5.56 Å². The fourth-order valence-corrected chi connectivity index (χ4v) is 4.22. The van der Waals surface area contributed by atoms with Crippen molar-refractivity contribution in [3.63, 3.8) is 0 Å². The molecule has 0 atom stereocenters. The molecule has 4 aromatic rings. The maximum absolute atomic E-state index is 14.1. The Morgan fingerprint density at radius 3 is 2.59 bits per heavy atom. The predicted octanol–water partition coefficient (Wildman–Crippen LogP) is 5.81. The number of fused-ring (bicyclic) bond motifs is 1. The van der Waals surface area contributed by atoms with Crippen molar-refractivity contribution in [3.05, 3.63) is 101 Å². The highest BCUT2D eigenvalue weighted by Crippen LogP contribution is 2.34. The number of nitrogens with one attached hydrogen (secondary N) is 1. The van der Waals surface area contributed by atoms with Gasteiger partial charge >= 0.3 is 0 Å². The number of benzene rings is 3. The average molecular weight is 479 g/mol. The van der Waals surface area contributed by atoms with Crippen LogP contribution in [0.1, 0.15) is 11.4 Å². The van der Waals surface area contributed by atoms with Crippen molar-refractivity contribution < 1.29 is 13.6 Å². The minimum absolute atomic E-state index is 0.0158. The first kappa shape index (κ1) is 22.1. The Balaban J connectivity index is 1.48. The molecule has 5 rings (SSSR count). The number of carbonyl (C=O) groups is 1. The molecule has 0 unspecified atom stereocenters. The maximum Gasteiger partial charge on any atom is 0.227 e. The van der Waals surface area contributed by atoms with Crippen LogP contribution in [0.15, 0.2) is 72.8 Å². The average Bonchev–Trinajstić information content (AvgIpc) is 3.19. The van der Waals surface area contributed by atoms with Crippen molar-refractivity contribution in [2.75, 3.05) is 11.9 Å². The number of hydrogen-bond acceptors (Lipinski definition) is 3. The second-order valence-electron chi connectivity index (χ2n) is 8.12. The van der Waals surface area contributed by atoms with Crippen LogP contribution in [-0.4, -0.2) is 26.9 Å². The summed E-state index contributed by atoms with van der Waals surface area (Å²) in [5, 5.41) is 3.25. The molecule has 0 aliphatic carbocycles. The van der Waals surface area contributed by atoms with Crippen LogP contribution in [0, 0.1) is 11.6 Å². The number of anilines is 2. The van der Waals surface area contributed by atoms with Gasteiger partial charge in [0.25, 0.3) is 0 Å². The van der Waals surface area contributed by atoms with Crippen LogP contribution in [0.5, 0.6) is 0 Å². The molecule has 0 fully saturated rings. The molecule has 3 aromatic carbocycles. The van der Waals surface area contributed by atoms with Crippen LogP contribution in [-0.2, 0) is 24.3 Å². The van der Waals surface area contributed by atoms with Gasteiger partial charge in [0.2, 0.25) is 5.91 Å². The summed E-state index contributed by atoms with van der Waals surface area (Å²) >= 11 is 5.83. The lowest BCUT2D eigenvalue weighted by Gasteiger charge is -2.28. The van der Waals surface area contributed by atoms with Gasteiger partial charge in [-0.3, -0.25) is 4.79 Å². The normalized spacial score (nSPS) is 13.0. The van der Waals surface area contributed by atoms with Crippen molar-refractivity contribution in [2.24, 2.45) is 0 Å². The van der Waals surface area contributed by atoms with E-state index < -0.39 is 5.82 Å². The number of rotatable bonds is 5. The quantitative estimate of drug-likeness (QED) is 0.394. The van der Waals surface area contributed by atoms with Crippen molar-refractivity contribution in [1.82, 2.24) is 14.5 Å². The van der Waals surface area contributed by atoms with E-state index in [-0.39, 0.29) is 16.7 Å². The predicted molar refractivity (Wildman–Crippen MR) is 128 cm³/mol. The van der Waals surface area contributed by atoms with Gasteiger partial charge in [-0.2, -0.15) is 0 Å². The zero-order valence-electron chi connectivity index (χ0n) is 18.1. The summed E-state index contributed by atoms with van der Waals surface area (Å²) in [7, 11) is 0. The molecule has 0 spiro atoms. The highest BCUT2D eigenvalue weighted by Gasteiger charge is 2.27. The van der Waals surface area contributed by atoms with Crippen molar-refractivity contribution in [1.29, 1.82) is 0 Å². The Morgan fingerprint density at radius 2 is 1.82 bits per heavy atom. The number of hydrogen-bond donors (Lipinski definition) is 1. The molecule has 1 N–H and O–H groups in total. The van der Waals surface area contributed by atoms with E-state index in [1.165, 1.54) is 24.3 Å². The van der Waals surface area contributed by atoms with Crippen LogP contribution in [0.2, 0.25) is 5.02 Å². The minimum atomic E-state index is -0.546. The molecule has 34 heavy (non-hydrogen) atoms. The van der Waals surface area contributed by atoms with Gasteiger partial charge in [0.15, 0.2) is 0 Å². The Hall–Kier alpha value is -3.71. The fraction of sp³-hybridized carbons (Fsp3) is 0.154. The Labute approximate surface area is 200 Å². The number of nitrogens with zero attached hydrogens (tertiary/aromatic N) is 3.